The summed E-state index contributed by atoms with van der Waals surface area (Å²) in [5.41, 5.74) is 4.03. The number of hydrogen-bond donors (Lipinski definition) is 2. The molecule has 2 atom stereocenters. The fraction of sp³-hybridized carbons (Fsp3) is 0.176. The molecule has 0 aliphatic rings. The Bertz CT molecular complexity index is 1370. The fourth-order valence-electron chi connectivity index (χ4n) is 4.21. The van der Waals surface area contributed by atoms with E-state index >= 15 is 0 Å². The van der Waals surface area contributed by atoms with Crippen molar-refractivity contribution in [2.24, 2.45) is 0 Å². The molecule has 2 N–H and O–H groups in total. The molecule has 0 bridgehead atoms. The van der Waals surface area contributed by atoms with Crippen LogP contribution >= 0.6 is 11.8 Å². The highest BCUT2D eigenvalue weighted by Crippen LogP contribution is 2.44. The van der Waals surface area contributed by atoms with Crippen molar-refractivity contribution in [2.75, 3.05) is 28.4 Å². The molecule has 0 aliphatic heterocycles. The maximum atomic E-state index is 10.0. The topological polar surface area (TPSA) is 77.4 Å². The first-order chi connectivity index (χ1) is 19.9. The Balaban J connectivity index is 1.72. The van der Waals surface area contributed by atoms with Crippen LogP contribution in [0.15, 0.2) is 97.1 Å². The van der Waals surface area contributed by atoms with Crippen molar-refractivity contribution < 1.29 is 29.2 Å². The maximum Gasteiger partial charge on any atom is 0.161 e. The Morgan fingerprint density at radius 1 is 0.537 bits per heavy atom. The van der Waals surface area contributed by atoms with Gasteiger partial charge in [0.2, 0.25) is 0 Å². The lowest BCUT2D eigenvalue weighted by Gasteiger charge is -2.21. The molecule has 7 heteroatoms. The van der Waals surface area contributed by atoms with Gasteiger partial charge in [-0.3, -0.25) is 0 Å². The standard InChI is InChI=1S/C34H34O6S/c1-37-27-13-9-25(10-14-27)33(19-7-23-5-17-29(35)31(21-23)39-3)41-34(26-11-15-28(38-2)16-12-26)20-8-24-6-18-30(36)32(22-24)40-4/h5-22,33-36H,1-4H3/b19-7-,20-8?. The summed E-state index contributed by atoms with van der Waals surface area (Å²) in [6, 6.07) is 26.7. The number of rotatable bonds is 12. The summed E-state index contributed by atoms with van der Waals surface area (Å²) in [6.07, 6.45) is 8.35. The van der Waals surface area contributed by atoms with Crippen LogP contribution in [0.4, 0.5) is 0 Å². The van der Waals surface area contributed by atoms with Gasteiger partial charge in [0.1, 0.15) is 11.5 Å². The molecule has 0 saturated heterocycles. The molecule has 0 aromatic heterocycles. The van der Waals surface area contributed by atoms with Crippen LogP contribution in [0.5, 0.6) is 34.5 Å². The van der Waals surface area contributed by atoms with E-state index in [-0.39, 0.29) is 22.0 Å². The Morgan fingerprint density at radius 3 is 1.27 bits per heavy atom. The van der Waals surface area contributed by atoms with E-state index in [1.165, 1.54) is 14.2 Å². The van der Waals surface area contributed by atoms with Crippen molar-refractivity contribution in [3.05, 3.63) is 119 Å². The number of aromatic hydroxyl groups is 2. The van der Waals surface area contributed by atoms with Crippen LogP contribution in [0.3, 0.4) is 0 Å². The number of hydrogen-bond acceptors (Lipinski definition) is 7. The van der Waals surface area contributed by atoms with Gasteiger partial charge in [-0.15, -0.1) is 11.8 Å². The average molecular weight is 571 g/mol. The zero-order valence-electron chi connectivity index (χ0n) is 23.5. The molecule has 6 nitrogen and oxygen atoms in total. The Kier molecular flexibility index (Phi) is 10.2. The highest BCUT2D eigenvalue weighted by Gasteiger charge is 2.18. The quantitative estimate of drug-likeness (QED) is 0.178. The number of phenols is 2. The predicted octanol–water partition coefficient (Wildman–Crippen LogP) is 8.07. The smallest absolute Gasteiger partial charge is 0.161 e. The minimum Gasteiger partial charge on any atom is -0.504 e. The van der Waals surface area contributed by atoms with Gasteiger partial charge in [-0.05, 0) is 70.8 Å². The summed E-state index contributed by atoms with van der Waals surface area (Å²) in [5, 5.41) is 20.0. The summed E-state index contributed by atoms with van der Waals surface area (Å²) in [7, 11) is 6.38. The largest absolute Gasteiger partial charge is 0.504 e. The van der Waals surface area contributed by atoms with Crippen LogP contribution in [-0.2, 0) is 0 Å². The molecular formula is C34H34O6S. The molecule has 0 heterocycles. The summed E-state index contributed by atoms with van der Waals surface area (Å²) in [6.45, 7) is 0. The predicted molar refractivity (Wildman–Crippen MR) is 166 cm³/mol. The summed E-state index contributed by atoms with van der Waals surface area (Å²) in [4.78, 5) is 0. The lowest BCUT2D eigenvalue weighted by molar-refractivity contribution is 0.373. The molecule has 0 radical (unpaired) electrons. The van der Waals surface area contributed by atoms with E-state index in [9.17, 15) is 10.2 Å². The van der Waals surface area contributed by atoms with Crippen molar-refractivity contribution in [1.82, 2.24) is 0 Å². The third-order valence-corrected chi connectivity index (χ3v) is 7.96. The average Bonchev–Trinajstić information content (AvgIpc) is 3.02. The van der Waals surface area contributed by atoms with E-state index in [0.717, 1.165) is 33.8 Å². The van der Waals surface area contributed by atoms with Crippen LogP contribution in [0, 0.1) is 0 Å². The molecule has 0 aliphatic carbocycles. The van der Waals surface area contributed by atoms with Gasteiger partial charge in [-0.25, -0.2) is 0 Å². The zero-order chi connectivity index (χ0) is 29.2. The third-order valence-electron chi connectivity index (χ3n) is 6.52. The second kappa shape index (κ2) is 14.2. The number of benzene rings is 4. The van der Waals surface area contributed by atoms with Gasteiger partial charge in [0.15, 0.2) is 23.0 Å². The number of thioether (sulfide) groups is 1. The van der Waals surface area contributed by atoms with Crippen LogP contribution < -0.4 is 18.9 Å². The van der Waals surface area contributed by atoms with Crippen LogP contribution in [-0.4, -0.2) is 38.7 Å². The molecule has 4 aromatic carbocycles. The first kappa shape index (κ1) is 29.5. The Hall–Kier alpha value is -4.49. The minimum absolute atomic E-state index is 0.0354. The van der Waals surface area contributed by atoms with E-state index in [1.807, 2.05) is 48.6 Å². The van der Waals surface area contributed by atoms with Crippen LogP contribution in [0.1, 0.15) is 32.8 Å². The Morgan fingerprint density at radius 2 is 0.927 bits per heavy atom. The molecule has 4 aromatic rings. The summed E-state index contributed by atoms with van der Waals surface area (Å²) < 4.78 is 21.4. The number of ether oxygens (including phenoxy) is 4. The molecule has 0 saturated carbocycles. The van der Waals surface area contributed by atoms with E-state index < -0.39 is 0 Å². The van der Waals surface area contributed by atoms with E-state index in [1.54, 1.807) is 50.2 Å². The van der Waals surface area contributed by atoms with Gasteiger partial charge < -0.3 is 29.2 Å². The van der Waals surface area contributed by atoms with Gasteiger partial charge in [0.25, 0.3) is 0 Å². The third kappa shape index (κ3) is 7.80. The second-order valence-electron chi connectivity index (χ2n) is 9.10. The van der Waals surface area contributed by atoms with Gasteiger partial charge in [-0.1, -0.05) is 60.7 Å². The van der Waals surface area contributed by atoms with Crippen molar-refractivity contribution in [3.8, 4) is 34.5 Å². The van der Waals surface area contributed by atoms with Gasteiger partial charge in [0.05, 0.1) is 28.4 Å². The molecule has 0 fully saturated rings. The monoisotopic (exact) mass is 570 g/mol. The van der Waals surface area contributed by atoms with Crippen molar-refractivity contribution in [3.63, 3.8) is 0 Å². The zero-order valence-corrected chi connectivity index (χ0v) is 24.3. The van der Waals surface area contributed by atoms with Gasteiger partial charge in [0, 0.05) is 10.5 Å². The lowest BCUT2D eigenvalue weighted by Crippen LogP contribution is -1.98. The van der Waals surface area contributed by atoms with Crippen LogP contribution in [0.25, 0.3) is 12.2 Å². The minimum atomic E-state index is -0.0354. The highest BCUT2D eigenvalue weighted by molar-refractivity contribution is 8.00. The molecule has 4 rings (SSSR count). The van der Waals surface area contributed by atoms with Gasteiger partial charge in [-0.2, -0.15) is 0 Å². The molecule has 0 amide bonds. The maximum absolute atomic E-state index is 10.0. The first-order valence-corrected chi connectivity index (χ1v) is 13.9. The molecule has 41 heavy (non-hydrogen) atoms. The first-order valence-electron chi connectivity index (χ1n) is 13.0. The second-order valence-corrected chi connectivity index (χ2v) is 10.4. The number of phenolic OH excluding ortho intramolecular Hbond substituents is 2. The van der Waals surface area contributed by atoms with E-state index in [4.69, 9.17) is 18.9 Å². The normalized spacial score (nSPS) is 12.8. The molecule has 0 spiro atoms. The summed E-state index contributed by atoms with van der Waals surface area (Å²) in [5.74, 6) is 2.62. The van der Waals surface area contributed by atoms with Crippen molar-refractivity contribution in [1.29, 1.82) is 0 Å². The van der Waals surface area contributed by atoms with Gasteiger partial charge >= 0.3 is 0 Å². The van der Waals surface area contributed by atoms with E-state index in [0.29, 0.717) is 11.5 Å². The molecule has 2 unspecified atom stereocenters. The Labute approximate surface area is 245 Å². The number of methoxy groups -OCH3 is 4. The van der Waals surface area contributed by atoms with Crippen LogP contribution in [0.2, 0.25) is 0 Å². The fourth-order valence-corrected chi connectivity index (χ4v) is 5.49. The van der Waals surface area contributed by atoms with E-state index in [2.05, 4.69) is 36.4 Å². The SMILES string of the molecule is COc1ccc(C(C=Cc2ccc(O)c(OC)c2)SC(/C=C\c2ccc(O)c(OC)c2)c2ccc(OC)cc2)cc1. The molecular weight excluding hydrogens is 536 g/mol. The summed E-state index contributed by atoms with van der Waals surface area (Å²) >= 11 is 1.77. The highest BCUT2D eigenvalue weighted by atomic mass is 32.2. The van der Waals surface area contributed by atoms with Crippen molar-refractivity contribution in [2.45, 2.75) is 10.5 Å². The molecule has 212 valence electrons. The lowest BCUT2D eigenvalue weighted by atomic mass is 10.1. The van der Waals surface area contributed by atoms with Crippen molar-refractivity contribution >= 4 is 23.9 Å².